The van der Waals surface area contributed by atoms with Gasteiger partial charge in [-0.2, -0.15) is 0 Å². The molecule has 0 saturated heterocycles. The van der Waals surface area contributed by atoms with E-state index >= 15 is 0 Å². The average Bonchev–Trinajstić information content (AvgIpc) is 2.42. The van der Waals surface area contributed by atoms with E-state index in [0.717, 1.165) is 31.4 Å². The van der Waals surface area contributed by atoms with E-state index in [0.29, 0.717) is 0 Å². The van der Waals surface area contributed by atoms with Gasteiger partial charge in [0.2, 0.25) is 0 Å². The zero-order valence-corrected chi connectivity index (χ0v) is 13.3. The molecule has 0 aliphatic heterocycles. The molecule has 1 aromatic carbocycles. The van der Waals surface area contributed by atoms with Crippen molar-refractivity contribution in [1.82, 2.24) is 5.32 Å². The van der Waals surface area contributed by atoms with Gasteiger partial charge >= 0.3 is 0 Å². The molecule has 2 nitrogen and oxygen atoms in total. The molecular formula is C18H29NO. The second-order valence-electron chi connectivity index (χ2n) is 6.28. The van der Waals surface area contributed by atoms with E-state index in [2.05, 4.69) is 38.2 Å². The Morgan fingerprint density at radius 1 is 1.05 bits per heavy atom. The van der Waals surface area contributed by atoms with Gasteiger partial charge in [0.15, 0.2) is 0 Å². The fraction of sp³-hybridized carbons (Fsp3) is 0.667. The third kappa shape index (κ3) is 4.52. The van der Waals surface area contributed by atoms with Crippen LogP contribution in [0, 0.1) is 26.7 Å². The smallest absolute Gasteiger partial charge is 0.125 e. The monoisotopic (exact) mass is 275 g/mol. The summed E-state index contributed by atoms with van der Waals surface area (Å²) in [5.74, 6) is 1.96. The molecular weight excluding hydrogens is 246 g/mol. The van der Waals surface area contributed by atoms with Crippen LogP contribution >= 0.6 is 0 Å². The van der Waals surface area contributed by atoms with Gasteiger partial charge in [0.25, 0.3) is 0 Å². The average molecular weight is 275 g/mol. The lowest BCUT2D eigenvalue weighted by molar-refractivity contribution is 0.292. The van der Waals surface area contributed by atoms with Crippen LogP contribution in [0.5, 0.6) is 5.75 Å². The lowest BCUT2D eigenvalue weighted by Gasteiger charge is -2.22. The quantitative estimate of drug-likeness (QED) is 0.787. The molecule has 1 aromatic rings. The van der Waals surface area contributed by atoms with Crippen LogP contribution in [0.25, 0.3) is 0 Å². The van der Waals surface area contributed by atoms with E-state index in [1.165, 1.54) is 48.8 Å². The molecule has 1 N–H and O–H groups in total. The number of hydrogen-bond acceptors (Lipinski definition) is 2. The van der Waals surface area contributed by atoms with Crippen molar-refractivity contribution in [3.8, 4) is 5.75 Å². The van der Waals surface area contributed by atoms with Crippen molar-refractivity contribution in [2.75, 3.05) is 19.7 Å². The molecule has 2 rings (SSSR count). The molecule has 1 aliphatic carbocycles. The normalized spacial score (nSPS) is 16.4. The lowest BCUT2D eigenvalue weighted by atomic mass is 9.89. The van der Waals surface area contributed by atoms with Crippen molar-refractivity contribution in [2.45, 2.75) is 52.9 Å². The Morgan fingerprint density at radius 3 is 2.35 bits per heavy atom. The van der Waals surface area contributed by atoms with Crippen molar-refractivity contribution in [3.63, 3.8) is 0 Å². The first-order valence-corrected chi connectivity index (χ1v) is 8.08. The minimum absolute atomic E-state index is 0.761. The Hall–Kier alpha value is -1.02. The molecule has 0 heterocycles. The summed E-state index contributed by atoms with van der Waals surface area (Å²) < 4.78 is 5.95. The van der Waals surface area contributed by atoms with E-state index in [9.17, 15) is 0 Å². The number of benzene rings is 1. The molecule has 0 radical (unpaired) electrons. The Morgan fingerprint density at radius 2 is 1.70 bits per heavy atom. The first-order valence-electron chi connectivity index (χ1n) is 8.08. The molecule has 20 heavy (non-hydrogen) atoms. The molecule has 0 atom stereocenters. The highest BCUT2D eigenvalue weighted by Crippen LogP contribution is 2.24. The topological polar surface area (TPSA) is 21.3 Å². The fourth-order valence-electron chi connectivity index (χ4n) is 3.32. The molecule has 0 amide bonds. The predicted octanol–water partition coefficient (Wildman–Crippen LogP) is 4.16. The van der Waals surface area contributed by atoms with Crippen molar-refractivity contribution < 1.29 is 4.74 Å². The molecule has 112 valence electrons. The van der Waals surface area contributed by atoms with Crippen molar-refractivity contribution >= 4 is 0 Å². The summed E-state index contributed by atoms with van der Waals surface area (Å²) in [6.45, 7) is 9.26. The van der Waals surface area contributed by atoms with Gasteiger partial charge in [-0.15, -0.1) is 0 Å². The third-order valence-corrected chi connectivity index (χ3v) is 4.29. The maximum atomic E-state index is 5.95. The van der Waals surface area contributed by atoms with Crippen molar-refractivity contribution in [3.05, 3.63) is 28.8 Å². The number of rotatable bonds is 6. The highest BCUT2D eigenvalue weighted by Gasteiger charge is 2.12. The molecule has 0 bridgehead atoms. The zero-order chi connectivity index (χ0) is 14.4. The second kappa shape index (κ2) is 7.68. The first kappa shape index (κ1) is 15.4. The van der Waals surface area contributed by atoms with Crippen molar-refractivity contribution in [1.29, 1.82) is 0 Å². The number of aryl methyl sites for hydroxylation is 3. The van der Waals surface area contributed by atoms with E-state index in [-0.39, 0.29) is 0 Å². The van der Waals surface area contributed by atoms with Crippen LogP contribution in [-0.4, -0.2) is 19.7 Å². The zero-order valence-electron chi connectivity index (χ0n) is 13.3. The number of ether oxygens (including phenoxy) is 1. The van der Waals surface area contributed by atoms with E-state index in [4.69, 9.17) is 4.74 Å². The minimum Gasteiger partial charge on any atom is -0.492 e. The van der Waals surface area contributed by atoms with Crippen molar-refractivity contribution in [2.24, 2.45) is 5.92 Å². The summed E-state index contributed by atoms with van der Waals surface area (Å²) in [6, 6.07) is 4.38. The second-order valence-corrected chi connectivity index (χ2v) is 6.28. The highest BCUT2D eigenvalue weighted by atomic mass is 16.5. The third-order valence-electron chi connectivity index (χ3n) is 4.29. The van der Waals surface area contributed by atoms with Crippen LogP contribution in [-0.2, 0) is 0 Å². The molecule has 0 aromatic heterocycles. The van der Waals surface area contributed by atoms with Gasteiger partial charge in [-0.3, -0.25) is 0 Å². The molecule has 1 aliphatic rings. The summed E-state index contributed by atoms with van der Waals surface area (Å²) in [6.07, 6.45) is 7.09. The van der Waals surface area contributed by atoms with Crippen LogP contribution in [0.1, 0.15) is 48.8 Å². The Bertz CT molecular complexity index is 398. The largest absolute Gasteiger partial charge is 0.492 e. The summed E-state index contributed by atoms with van der Waals surface area (Å²) in [5.41, 5.74) is 3.80. The molecule has 1 fully saturated rings. The molecule has 2 heteroatoms. The maximum Gasteiger partial charge on any atom is 0.125 e. The summed E-state index contributed by atoms with van der Waals surface area (Å²) in [7, 11) is 0. The van der Waals surface area contributed by atoms with Gasteiger partial charge < -0.3 is 10.1 Å². The number of hydrogen-bond donors (Lipinski definition) is 1. The minimum atomic E-state index is 0.761. The van der Waals surface area contributed by atoms with Crippen LogP contribution in [0.15, 0.2) is 12.1 Å². The summed E-state index contributed by atoms with van der Waals surface area (Å²) in [5, 5.41) is 3.55. The molecule has 0 unspecified atom stereocenters. The van der Waals surface area contributed by atoms with Gasteiger partial charge in [0.1, 0.15) is 12.4 Å². The predicted molar refractivity (Wildman–Crippen MR) is 85.6 cm³/mol. The van der Waals surface area contributed by atoms with Crippen LogP contribution in [0.2, 0.25) is 0 Å². The highest BCUT2D eigenvalue weighted by molar-refractivity contribution is 5.42. The van der Waals surface area contributed by atoms with Crippen LogP contribution < -0.4 is 10.1 Å². The number of nitrogens with one attached hydrogen (secondary N) is 1. The maximum absolute atomic E-state index is 5.95. The summed E-state index contributed by atoms with van der Waals surface area (Å²) in [4.78, 5) is 0. The van der Waals surface area contributed by atoms with Gasteiger partial charge in [-0.25, -0.2) is 0 Å². The first-order chi connectivity index (χ1) is 9.66. The molecule has 1 saturated carbocycles. The van der Waals surface area contributed by atoms with E-state index < -0.39 is 0 Å². The Kier molecular flexibility index (Phi) is 5.90. The van der Waals surface area contributed by atoms with Crippen LogP contribution in [0.3, 0.4) is 0 Å². The van der Waals surface area contributed by atoms with Gasteiger partial charge in [-0.1, -0.05) is 37.0 Å². The van der Waals surface area contributed by atoms with Gasteiger partial charge in [0, 0.05) is 6.54 Å². The Labute approximate surface area is 123 Å². The summed E-state index contributed by atoms with van der Waals surface area (Å²) >= 11 is 0. The van der Waals surface area contributed by atoms with E-state index in [1.807, 2.05) is 0 Å². The van der Waals surface area contributed by atoms with E-state index in [1.54, 1.807) is 0 Å². The fourth-order valence-corrected chi connectivity index (χ4v) is 3.32. The standard InChI is InChI=1S/C18H29NO/c1-14-11-15(2)18(16(3)12-14)20-10-9-19-13-17-7-5-4-6-8-17/h11-12,17,19H,4-10,13H2,1-3H3. The Balaban J connectivity index is 1.68. The lowest BCUT2D eigenvalue weighted by Crippen LogP contribution is -2.28. The van der Waals surface area contributed by atoms with Gasteiger partial charge in [0.05, 0.1) is 0 Å². The molecule has 0 spiro atoms. The van der Waals surface area contributed by atoms with Gasteiger partial charge in [-0.05, 0) is 57.2 Å². The van der Waals surface area contributed by atoms with Crippen LogP contribution in [0.4, 0.5) is 0 Å². The SMILES string of the molecule is Cc1cc(C)c(OCCNCC2CCCCC2)c(C)c1.